The second-order valence-corrected chi connectivity index (χ2v) is 5.54. The van der Waals surface area contributed by atoms with Gasteiger partial charge < -0.3 is 10.3 Å². The highest BCUT2D eigenvalue weighted by Gasteiger charge is 2.37. The molecule has 1 N–H and O–H groups in total. The van der Waals surface area contributed by atoms with Crippen molar-refractivity contribution in [2.45, 2.75) is 19.4 Å². The molecule has 0 aromatic heterocycles. The first-order valence-corrected chi connectivity index (χ1v) is 6.87. The first-order valence-electron chi connectivity index (χ1n) is 6.49. The lowest BCUT2D eigenvalue weighted by molar-refractivity contribution is -0.130. The molecule has 2 aliphatic rings. The molecule has 0 saturated carbocycles. The number of nitrogens with zero attached hydrogens (tertiary/aromatic N) is 2. The van der Waals surface area contributed by atoms with Crippen LogP contribution < -0.4 is 5.43 Å². The molecule has 4 nitrogen and oxygen atoms in total. The molecule has 100 valence electrons. The highest BCUT2D eigenvalue weighted by atomic mass is 35.5. The lowest BCUT2D eigenvalue weighted by atomic mass is 9.86. The van der Waals surface area contributed by atoms with Crippen LogP contribution in [0, 0.1) is 5.92 Å². The first kappa shape index (κ1) is 12.5. The molecule has 1 saturated heterocycles. The van der Waals surface area contributed by atoms with Gasteiger partial charge in [-0.3, -0.25) is 4.79 Å². The fourth-order valence-corrected chi connectivity index (χ4v) is 2.93. The summed E-state index contributed by atoms with van der Waals surface area (Å²) >= 11 is 5.91. The molecule has 0 aliphatic carbocycles. The molecule has 19 heavy (non-hydrogen) atoms. The zero-order valence-electron chi connectivity index (χ0n) is 10.8. The predicted octanol–water partition coefficient (Wildman–Crippen LogP) is 1.88. The molecular formula is C14H16ClN3O. The maximum Gasteiger partial charge on any atom is 0.219 e. The molecule has 0 unspecified atom stereocenters. The topological polar surface area (TPSA) is 44.7 Å². The molecule has 2 atom stereocenters. The van der Waals surface area contributed by atoms with E-state index >= 15 is 0 Å². The molecule has 1 aromatic carbocycles. The van der Waals surface area contributed by atoms with E-state index in [1.807, 2.05) is 29.2 Å². The Bertz CT molecular complexity index is 526. The average Bonchev–Trinajstić information content (AvgIpc) is 2.82. The van der Waals surface area contributed by atoms with Crippen LogP contribution in [-0.2, 0) is 4.79 Å². The van der Waals surface area contributed by atoms with Crippen molar-refractivity contribution in [3.8, 4) is 0 Å². The van der Waals surface area contributed by atoms with Crippen LogP contribution in [0.4, 0.5) is 0 Å². The molecule has 1 amide bonds. The van der Waals surface area contributed by atoms with Crippen molar-refractivity contribution >= 4 is 23.2 Å². The number of fused-ring (bicyclic) bond motifs is 1. The van der Waals surface area contributed by atoms with E-state index in [1.165, 1.54) is 0 Å². The van der Waals surface area contributed by atoms with Gasteiger partial charge in [-0.15, -0.1) is 0 Å². The van der Waals surface area contributed by atoms with E-state index in [9.17, 15) is 4.79 Å². The highest BCUT2D eigenvalue weighted by molar-refractivity contribution is 6.30. The number of piperidine rings is 1. The van der Waals surface area contributed by atoms with Gasteiger partial charge in [-0.2, -0.15) is 5.10 Å². The van der Waals surface area contributed by atoms with Gasteiger partial charge in [-0.25, -0.2) is 0 Å². The lowest BCUT2D eigenvalue weighted by Crippen LogP contribution is -2.48. The summed E-state index contributed by atoms with van der Waals surface area (Å²) in [6.45, 7) is 3.18. The number of hydrogen-bond acceptors (Lipinski definition) is 3. The molecule has 1 fully saturated rings. The van der Waals surface area contributed by atoms with Crippen molar-refractivity contribution in [1.29, 1.82) is 0 Å². The number of benzene rings is 1. The predicted molar refractivity (Wildman–Crippen MR) is 75.3 cm³/mol. The molecule has 2 heterocycles. The Hall–Kier alpha value is -1.55. The van der Waals surface area contributed by atoms with Crippen molar-refractivity contribution in [3.63, 3.8) is 0 Å². The smallest absolute Gasteiger partial charge is 0.219 e. The largest absolute Gasteiger partial charge is 0.342 e. The highest BCUT2D eigenvalue weighted by Crippen LogP contribution is 2.26. The van der Waals surface area contributed by atoms with Crippen LogP contribution in [0.25, 0.3) is 0 Å². The summed E-state index contributed by atoms with van der Waals surface area (Å²) in [6, 6.07) is 8.06. The van der Waals surface area contributed by atoms with Crippen molar-refractivity contribution in [2.24, 2.45) is 11.0 Å². The normalized spacial score (nSPS) is 25.6. The van der Waals surface area contributed by atoms with Crippen LogP contribution in [0.1, 0.15) is 18.9 Å². The zero-order valence-corrected chi connectivity index (χ0v) is 11.5. The van der Waals surface area contributed by atoms with Gasteiger partial charge >= 0.3 is 0 Å². The summed E-state index contributed by atoms with van der Waals surface area (Å²) in [5.74, 6) is 0.416. The fraction of sp³-hybridized carbons (Fsp3) is 0.429. The van der Waals surface area contributed by atoms with Gasteiger partial charge in [0.05, 0.1) is 11.8 Å². The molecule has 1 aromatic rings. The van der Waals surface area contributed by atoms with Gasteiger partial charge in [0, 0.05) is 31.0 Å². The lowest BCUT2D eigenvalue weighted by Gasteiger charge is -2.34. The van der Waals surface area contributed by atoms with Crippen molar-refractivity contribution in [2.75, 3.05) is 13.1 Å². The van der Waals surface area contributed by atoms with Crippen LogP contribution >= 0.6 is 11.6 Å². The SMILES string of the molecule is CC(=O)N1CC[C@H]2NN=C(c3ccc(Cl)cc3)[C@@H]2C1. The number of rotatable bonds is 1. The Morgan fingerprint density at radius 3 is 2.84 bits per heavy atom. The van der Waals surface area contributed by atoms with Gasteiger partial charge in [-0.1, -0.05) is 23.7 Å². The molecule has 0 radical (unpaired) electrons. The van der Waals surface area contributed by atoms with Crippen LogP contribution in [0.5, 0.6) is 0 Å². The van der Waals surface area contributed by atoms with E-state index in [0.717, 1.165) is 35.8 Å². The van der Waals surface area contributed by atoms with Gasteiger partial charge in [0.2, 0.25) is 5.91 Å². The number of halogens is 1. The second kappa shape index (κ2) is 4.85. The molecule has 2 aliphatic heterocycles. The minimum Gasteiger partial charge on any atom is -0.342 e. The standard InChI is InChI=1S/C14H16ClN3O/c1-9(19)18-7-6-13-12(8-18)14(17-16-13)10-2-4-11(15)5-3-10/h2-5,12-13,16H,6-8H2,1H3/t12-,13-/m1/s1. The van der Waals surface area contributed by atoms with E-state index in [4.69, 9.17) is 11.6 Å². The monoisotopic (exact) mass is 277 g/mol. The van der Waals surface area contributed by atoms with Crippen LogP contribution in [0.3, 0.4) is 0 Å². The minimum atomic E-state index is 0.140. The Morgan fingerprint density at radius 1 is 1.42 bits per heavy atom. The molecule has 5 heteroatoms. The third kappa shape index (κ3) is 2.32. The number of hydrazone groups is 1. The van der Waals surface area contributed by atoms with Crippen LogP contribution in [0.2, 0.25) is 5.02 Å². The number of amides is 1. The fourth-order valence-electron chi connectivity index (χ4n) is 2.80. The van der Waals surface area contributed by atoms with Gasteiger partial charge in [0.1, 0.15) is 0 Å². The zero-order chi connectivity index (χ0) is 13.4. The number of carbonyl (C=O) groups is 1. The molecule has 0 spiro atoms. The summed E-state index contributed by atoms with van der Waals surface area (Å²) in [6.07, 6.45) is 0.949. The van der Waals surface area contributed by atoms with Crippen LogP contribution in [-0.4, -0.2) is 35.7 Å². The first-order chi connectivity index (χ1) is 9.15. The van der Waals surface area contributed by atoms with E-state index in [2.05, 4.69) is 10.5 Å². The maximum absolute atomic E-state index is 11.5. The molecular weight excluding hydrogens is 262 g/mol. The summed E-state index contributed by atoms with van der Waals surface area (Å²) < 4.78 is 0. The van der Waals surface area contributed by atoms with Gasteiger partial charge in [-0.05, 0) is 24.1 Å². The van der Waals surface area contributed by atoms with E-state index in [1.54, 1.807) is 6.92 Å². The van der Waals surface area contributed by atoms with Gasteiger partial charge in [0.15, 0.2) is 0 Å². The van der Waals surface area contributed by atoms with E-state index < -0.39 is 0 Å². The van der Waals surface area contributed by atoms with Crippen molar-refractivity contribution in [1.82, 2.24) is 10.3 Å². The van der Waals surface area contributed by atoms with Crippen LogP contribution in [0.15, 0.2) is 29.4 Å². The number of hydrogen-bond donors (Lipinski definition) is 1. The molecule has 0 bridgehead atoms. The Kier molecular flexibility index (Phi) is 3.19. The van der Waals surface area contributed by atoms with Crippen molar-refractivity contribution in [3.05, 3.63) is 34.9 Å². The Labute approximate surface area is 117 Å². The summed E-state index contributed by atoms with van der Waals surface area (Å²) in [4.78, 5) is 13.4. The number of carbonyl (C=O) groups excluding carboxylic acids is 1. The van der Waals surface area contributed by atoms with E-state index in [0.29, 0.717) is 6.04 Å². The number of likely N-dealkylation sites (tertiary alicyclic amines) is 1. The summed E-state index contributed by atoms with van der Waals surface area (Å²) in [5.41, 5.74) is 5.31. The Morgan fingerprint density at radius 2 is 2.16 bits per heavy atom. The van der Waals surface area contributed by atoms with E-state index in [-0.39, 0.29) is 11.8 Å². The summed E-state index contributed by atoms with van der Waals surface area (Å²) in [7, 11) is 0. The molecule has 3 rings (SSSR count). The third-order valence-corrected chi connectivity index (χ3v) is 4.15. The quantitative estimate of drug-likeness (QED) is 0.852. The Balaban J connectivity index is 1.83. The maximum atomic E-state index is 11.5. The number of nitrogens with one attached hydrogen (secondary N) is 1. The average molecular weight is 278 g/mol. The second-order valence-electron chi connectivity index (χ2n) is 5.10. The van der Waals surface area contributed by atoms with Gasteiger partial charge in [0.25, 0.3) is 0 Å². The third-order valence-electron chi connectivity index (χ3n) is 3.90. The minimum absolute atomic E-state index is 0.140. The van der Waals surface area contributed by atoms with Crippen molar-refractivity contribution < 1.29 is 4.79 Å². The summed E-state index contributed by atoms with van der Waals surface area (Å²) in [5, 5.41) is 5.18.